The first-order valence-corrected chi connectivity index (χ1v) is 11.1. The second-order valence-electron chi connectivity index (χ2n) is 7.35. The lowest BCUT2D eigenvalue weighted by atomic mass is 9.79. The van der Waals surface area contributed by atoms with Crippen molar-refractivity contribution in [2.75, 3.05) is 25.9 Å². The lowest BCUT2D eigenvalue weighted by molar-refractivity contribution is 0.148. The number of nitrogens with zero attached hydrogens (tertiary/aromatic N) is 1. The first kappa shape index (κ1) is 19.1. The van der Waals surface area contributed by atoms with Gasteiger partial charge in [0.15, 0.2) is 0 Å². The fourth-order valence-electron chi connectivity index (χ4n) is 3.97. The molecule has 140 valence electrons. The van der Waals surface area contributed by atoms with E-state index in [1.54, 1.807) is 0 Å². The average Bonchev–Trinajstić information content (AvgIpc) is 2.61. The Hall–Kier alpha value is -1.69. The highest BCUT2D eigenvalue weighted by atomic mass is 32.2. The zero-order valence-electron chi connectivity index (χ0n) is 15.6. The quantitative estimate of drug-likeness (QED) is 0.847. The number of aryl methyl sites for hydroxylation is 1. The summed E-state index contributed by atoms with van der Waals surface area (Å²) in [7, 11) is -3.18. The van der Waals surface area contributed by atoms with E-state index in [1.807, 2.05) is 6.07 Å². The Morgan fingerprint density at radius 2 is 1.77 bits per heavy atom. The molecule has 0 unspecified atom stereocenters. The predicted molar refractivity (Wildman–Crippen MR) is 107 cm³/mol. The van der Waals surface area contributed by atoms with Crippen LogP contribution in [0, 0.1) is 12.8 Å². The van der Waals surface area contributed by atoms with E-state index in [-0.39, 0.29) is 5.92 Å². The van der Waals surface area contributed by atoms with E-state index >= 15 is 0 Å². The van der Waals surface area contributed by atoms with Gasteiger partial charge in [0, 0.05) is 19.6 Å². The Morgan fingerprint density at radius 1 is 1.08 bits per heavy atom. The van der Waals surface area contributed by atoms with Gasteiger partial charge in [0.2, 0.25) is 10.0 Å². The van der Waals surface area contributed by atoms with Gasteiger partial charge in [-0.1, -0.05) is 54.6 Å². The van der Waals surface area contributed by atoms with Gasteiger partial charge in [-0.3, -0.25) is 4.90 Å². The van der Waals surface area contributed by atoms with E-state index in [9.17, 15) is 8.42 Å². The van der Waals surface area contributed by atoms with Crippen molar-refractivity contribution < 1.29 is 8.42 Å². The highest BCUT2D eigenvalue weighted by Crippen LogP contribution is 2.35. The minimum absolute atomic E-state index is 0.267. The molecule has 0 spiro atoms. The van der Waals surface area contributed by atoms with Crippen LogP contribution in [0.3, 0.4) is 0 Å². The maximum Gasteiger partial charge on any atom is 0.208 e. The van der Waals surface area contributed by atoms with Crippen molar-refractivity contribution in [2.45, 2.75) is 25.8 Å². The average molecular weight is 373 g/mol. The van der Waals surface area contributed by atoms with Gasteiger partial charge >= 0.3 is 0 Å². The largest absolute Gasteiger partial charge is 0.299 e. The Labute approximate surface area is 157 Å². The van der Waals surface area contributed by atoms with Crippen LogP contribution in [0.1, 0.15) is 29.0 Å². The first-order valence-electron chi connectivity index (χ1n) is 9.19. The SMILES string of the molecule is Cc1ccccc1[C@H]1CCN(Cc2ccccc2)C[C@@H]1CNS(C)(=O)=O. The summed E-state index contributed by atoms with van der Waals surface area (Å²) in [6.45, 7) is 5.48. The maximum atomic E-state index is 11.6. The molecular formula is C21H28N2O2S. The summed E-state index contributed by atoms with van der Waals surface area (Å²) in [5, 5.41) is 0. The monoisotopic (exact) mass is 372 g/mol. The standard InChI is InChI=1S/C21H28N2O2S/c1-17-8-6-7-11-20(17)21-12-13-23(15-18-9-4-3-5-10-18)16-19(21)14-22-26(2,24)25/h3-11,19,21-22H,12-16H2,1-2H3/t19-,21-/m0/s1. The lowest BCUT2D eigenvalue weighted by Crippen LogP contribution is -2.44. The molecule has 0 aromatic heterocycles. The summed E-state index contributed by atoms with van der Waals surface area (Å²) in [6, 6.07) is 19.0. The minimum Gasteiger partial charge on any atom is -0.299 e. The number of likely N-dealkylation sites (tertiary alicyclic amines) is 1. The molecule has 1 heterocycles. The van der Waals surface area contributed by atoms with Gasteiger partial charge < -0.3 is 0 Å². The second-order valence-corrected chi connectivity index (χ2v) is 9.19. The molecule has 0 bridgehead atoms. The molecule has 2 aromatic carbocycles. The normalized spacial score (nSPS) is 21.6. The minimum atomic E-state index is -3.18. The van der Waals surface area contributed by atoms with Crippen LogP contribution in [0.15, 0.2) is 54.6 Å². The second kappa shape index (κ2) is 8.33. The molecule has 0 amide bonds. The van der Waals surface area contributed by atoms with Crippen LogP contribution in [0.4, 0.5) is 0 Å². The molecule has 0 saturated carbocycles. The Bertz CT molecular complexity index is 821. The summed E-state index contributed by atoms with van der Waals surface area (Å²) in [6.07, 6.45) is 2.29. The zero-order valence-corrected chi connectivity index (χ0v) is 16.4. The Morgan fingerprint density at radius 3 is 2.46 bits per heavy atom. The van der Waals surface area contributed by atoms with Crippen molar-refractivity contribution >= 4 is 10.0 Å². The van der Waals surface area contributed by atoms with E-state index in [0.29, 0.717) is 12.5 Å². The summed E-state index contributed by atoms with van der Waals surface area (Å²) < 4.78 is 26.0. The van der Waals surface area contributed by atoms with E-state index in [1.165, 1.54) is 22.9 Å². The molecule has 5 heteroatoms. The van der Waals surface area contributed by atoms with Crippen LogP contribution in [-0.2, 0) is 16.6 Å². The fraction of sp³-hybridized carbons (Fsp3) is 0.429. The smallest absolute Gasteiger partial charge is 0.208 e. The van der Waals surface area contributed by atoms with Crippen LogP contribution in [0.2, 0.25) is 0 Å². The number of benzene rings is 2. The molecule has 0 aliphatic carbocycles. The maximum absolute atomic E-state index is 11.6. The van der Waals surface area contributed by atoms with Gasteiger partial charge in [-0.25, -0.2) is 13.1 Å². The van der Waals surface area contributed by atoms with E-state index in [0.717, 1.165) is 26.1 Å². The number of sulfonamides is 1. The number of rotatable bonds is 6. The third-order valence-corrected chi connectivity index (χ3v) is 5.95. The lowest BCUT2D eigenvalue weighted by Gasteiger charge is -2.39. The van der Waals surface area contributed by atoms with Crippen molar-refractivity contribution in [1.29, 1.82) is 0 Å². The summed E-state index contributed by atoms with van der Waals surface area (Å²) >= 11 is 0. The molecule has 1 saturated heterocycles. The molecule has 4 nitrogen and oxygen atoms in total. The fourth-order valence-corrected chi connectivity index (χ4v) is 4.49. The topological polar surface area (TPSA) is 49.4 Å². The zero-order chi connectivity index (χ0) is 18.6. The molecular weight excluding hydrogens is 344 g/mol. The molecule has 1 aliphatic heterocycles. The highest BCUT2D eigenvalue weighted by Gasteiger charge is 2.31. The van der Waals surface area contributed by atoms with Gasteiger partial charge in [-0.2, -0.15) is 0 Å². The third-order valence-electron chi connectivity index (χ3n) is 5.26. The van der Waals surface area contributed by atoms with Crippen molar-refractivity contribution in [3.8, 4) is 0 Å². The van der Waals surface area contributed by atoms with Crippen LogP contribution in [-0.4, -0.2) is 39.2 Å². The third kappa shape index (κ3) is 5.16. The van der Waals surface area contributed by atoms with Crippen LogP contribution >= 0.6 is 0 Å². The van der Waals surface area contributed by atoms with Gasteiger partial charge in [0.25, 0.3) is 0 Å². The van der Waals surface area contributed by atoms with Crippen molar-refractivity contribution in [1.82, 2.24) is 9.62 Å². The molecule has 2 aromatic rings. The predicted octanol–water partition coefficient (Wildman–Crippen LogP) is 3.15. The summed E-state index contributed by atoms with van der Waals surface area (Å²) in [4.78, 5) is 2.44. The molecule has 0 radical (unpaired) electrons. The highest BCUT2D eigenvalue weighted by molar-refractivity contribution is 7.88. The van der Waals surface area contributed by atoms with E-state index in [2.05, 4.69) is 65.1 Å². The van der Waals surface area contributed by atoms with Crippen molar-refractivity contribution in [3.63, 3.8) is 0 Å². The number of hydrogen-bond acceptors (Lipinski definition) is 3. The van der Waals surface area contributed by atoms with E-state index < -0.39 is 10.0 Å². The van der Waals surface area contributed by atoms with Crippen LogP contribution in [0.5, 0.6) is 0 Å². The molecule has 1 N–H and O–H groups in total. The van der Waals surface area contributed by atoms with Gasteiger partial charge in [-0.15, -0.1) is 0 Å². The van der Waals surface area contributed by atoms with Gasteiger partial charge in [0.1, 0.15) is 0 Å². The van der Waals surface area contributed by atoms with Gasteiger partial charge in [-0.05, 0) is 48.4 Å². The molecule has 26 heavy (non-hydrogen) atoms. The molecule has 1 fully saturated rings. The van der Waals surface area contributed by atoms with Crippen LogP contribution < -0.4 is 4.72 Å². The molecule has 2 atom stereocenters. The summed E-state index contributed by atoms with van der Waals surface area (Å²) in [5.74, 6) is 0.653. The van der Waals surface area contributed by atoms with Crippen LogP contribution in [0.25, 0.3) is 0 Å². The van der Waals surface area contributed by atoms with Crippen molar-refractivity contribution in [2.24, 2.45) is 5.92 Å². The summed E-state index contributed by atoms with van der Waals surface area (Å²) in [5.41, 5.74) is 3.95. The van der Waals surface area contributed by atoms with Crippen molar-refractivity contribution in [3.05, 3.63) is 71.3 Å². The molecule has 3 rings (SSSR count). The van der Waals surface area contributed by atoms with E-state index in [4.69, 9.17) is 0 Å². The number of nitrogens with one attached hydrogen (secondary N) is 1. The first-order chi connectivity index (χ1) is 12.4. The Balaban J connectivity index is 1.76. The number of hydrogen-bond donors (Lipinski definition) is 1. The Kier molecular flexibility index (Phi) is 6.12. The molecule has 1 aliphatic rings. The number of piperidine rings is 1. The van der Waals surface area contributed by atoms with Gasteiger partial charge in [0.05, 0.1) is 6.26 Å².